The number of rotatable bonds is 6. The zero-order valence-corrected chi connectivity index (χ0v) is 29.8. The summed E-state index contributed by atoms with van der Waals surface area (Å²) in [5.74, 6) is 2.17. The molecule has 0 amide bonds. The summed E-state index contributed by atoms with van der Waals surface area (Å²) < 4.78 is 21.4. The van der Waals surface area contributed by atoms with Crippen LogP contribution in [0.4, 0.5) is 0 Å². The third kappa shape index (κ3) is 4.55. The fraction of sp³-hybridized carbons (Fsp3) is 0.256. The van der Waals surface area contributed by atoms with Crippen LogP contribution in [0.5, 0.6) is 0 Å². The van der Waals surface area contributed by atoms with Gasteiger partial charge in [-0.1, -0.05) is 108 Å². The summed E-state index contributed by atoms with van der Waals surface area (Å²) in [7, 11) is 2.18. The minimum atomic E-state index is 0.306. The van der Waals surface area contributed by atoms with E-state index in [4.69, 9.17) is 10.8 Å². The van der Waals surface area contributed by atoms with Gasteiger partial charge in [-0.15, -0.1) is 11.3 Å². The molecule has 0 aliphatic carbocycles. The molecule has 0 saturated heterocycles. The number of para-hydroxylation sites is 2. The SMILES string of the molecule is [2H]c1nc2c(-c3ccccc3)cc3oc4c(-c5n(-c6c(C(C)C)cc(C(C)C)cc6C(C)C)c6ccccc6[n+]5C)c(C)ccc4c3c2s1. The first kappa shape index (κ1) is 29.4. The molecular formula is C43H42N3OS+. The largest absolute Gasteiger partial charge is 0.455 e. The lowest BCUT2D eigenvalue weighted by molar-refractivity contribution is -0.633. The van der Waals surface area contributed by atoms with Crippen LogP contribution in [0.25, 0.3) is 71.4 Å². The molecule has 48 heavy (non-hydrogen) atoms. The average molecular weight is 650 g/mol. The van der Waals surface area contributed by atoms with E-state index in [1.807, 2.05) is 18.2 Å². The van der Waals surface area contributed by atoms with Gasteiger partial charge in [-0.05, 0) is 59.6 Å². The zero-order valence-electron chi connectivity index (χ0n) is 30.0. The molecule has 3 heterocycles. The average Bonchev–Trinajstić information content (AvgIpc) is 3.74. The summed E-state index contributed by atoms with van der Waals surface area (Å²) in [6.07, 6.45) is 0. The number of aromatic nitrogens is 3. The van der Waals surface area contributed by atoms with Gasteiger partial charge in [0.25, 0.3) is 5.82 Å². The van der Waals surface area contributed by atoms with Gasteiger partial charge in [-0.3, -0.25) is 0 Å². The minimum absolute atomic E-state index is 0.306. The first-order valence-corrected chi connectivity index (χ1v) is 17.9. The summed E-state index contributed by atoms with van der Waals surface area (Å²) in [4.78, 5) is 4.73. The first-order chi connectivity index (χ1) is 23.5. The van der Waals surface area contributed by atoms with Crippen molar-refractivity contribution in [3.05, 3.63) is 113 Å². The topological polar surface area (TPSA) is 34.8 Å². The summed E-state index contributed by atoms with van der Waals surface area (Å²) in [6.45, 7) is 16.0. The predicted molar refractivity (Wildman–Crippen MR) is 203 cm³/mol. The van der Waals surface area contributed by atoms with E-state index in [-0.39, 0.29) is 0 Å². The van der Waals surface area contributed by atoms with Gasteiger partial charge in [-0.25, -0.2) is 9.55 Å². The number of imidazole rings is 1. The Labute approximate surface area is 287 Å². The molecule has 3 aromatic heterocycles. The van der Waals surface area contributed by atoms with Gasteiger partial charge in [0.05, 0.1) is 24.1 Å². The molecule has 0 unspecified atom stereocenters. The molecule has 0 radical (unpaired) electrons. The molecule has 0 fully saturated rings. The van der Waals surface area contributed by atoms with Crippen molar-refractivity contribution in [1.29, 1.82) is 0 Å². The lowest BCUT2D eigenvalue weighted by atomic mass is 9.87. The van der Waals surface area contributed by atoms with Crippen LogP contribution in [0.1, 0.15) is 82.9 Å². The Balaban J connectivity index is 1.53. The second-order valence-corrected chi connectivity index (χ2v) is 14.9. The number of benzene rings is 5. The monoisotopic (exact) mass is 649 g/mol. The summed E-state index contributed by atoms with van der Waals surface area (Å²) in [5, 5.41) is 2.07. The van der Waals surface area contributed by atoms with Crippen LogP contribution in [0, 0.1) is 6.92 Å². The quantitative estimate of drug-likeness (QED) is 0.168. The number of fused-ring (bicyclic) bond motifs is 6. The van der Waals surface area contributed by atoms with Crippen LogP contribution < -0.4 is 4.57 Å². The standard InChI is InChI=1S/C43H42N3OS/c1-24(2)29-20-31(25(3)4)40(32(21-29)26(5)6)46-35-17-13-12-16-34(35)45(8)43(46)37-27(7)18-19-30-38-36(47-41(30)37)22-33(28-14-10-9-11-15-28)39-42(38)48-23-44-39/h9-26H,1-8H3/q+1/i23D. The lowest BCUT2D eigenvalue weighted by Crippen LogP contribution is -2.30. The van der Waals surface area contributed by atoms with E-state index in [0.29, 0.717) is 23.2 Å². The second kappa shape index (κ2) is 11.5. The summed E-state index contributed by atoms with van der Waals surface area (Å²) in [5.41, 5.74) is 14.8. The molecule has 0 aliphatic heterocycles. The fourth-order valence-electron chi connectivity index (χ4n) is 7.49. The molecule has 0 bridgehead atoms. The molecule has 0 spiro atoms. The van der Waals surface area contributed by atoms with E-state index in [2.05, 4.69) is 131 Å². The second-order valence-electron chi connectivity index (χ2n) is 14.1. The van der Waals surface area contributed by atoms with Crippen LogP contribution in [0.2, 0.25) is 0 Å². The molecule has 0 N–H and O–H groups in total. The van der Waals surface area contributed by atoms with Crippen molar-refractivity contribution < 1.29 is 10.4 Å². The summed E-state index contributed by atoms with van der Waals surface area (Å²) >= 11 is 1.42. The van der Waals surface area contributed by atoms with Gasteiger partial charge in [0.15, 0.2) is 16.6 Å². The maximum Gasteiger partial charge on any atom is 0.299 e. The van der Waals surface area contributed by atoms with Crippen molar-refractivity contribution in [1.82, 2.24) is 9.55 Å². The van der Waals surface area contributed by atoms with Crippen molar-refractivity contribution in [2.75, 3.05) is 0 Å². The molecule has 0 atom stereocenters. The Hall–Kier alpha value is -4.74. The maximum atomic E-state index is 8.56. The van der Waals surface area contributed by atoms with Gasteiger partial charge in [0, 0.05) is 27.5 Å². The number of hydrogen-bond donors (Lipinski definition) is 0. The lowest BCUT2D eigenvalue weighted by Gasteiger charge is -2.21. The van der Waals surface area contributed by atoms with Crippen molar-refractivity contribution in [3.8, 4) is 28.2 Å². The van der Waals surface area contributed by atoms with Gasteiger partial charge >= 0.3 is 0 Å². The number of nitrogens with zero attached hydrogens (tertiary/aromatic N) is 3. The van der Waals surface area contributed by atoms with Gasteiger partial charge in [0.1, 0.15) is 16.8 Å². The van der Waals surface area contributed by atoms with E-state index in [9.17, 15) is 0 Å². The molecule has 240 valence electrons. The van der Waals surface area contributed by atoms with Crippen molar-refractivity contribution in [3.63, 3.8) is 0 Å². The van der Waals surface area contributed by atoms with Crippen LogP contribution in [-0.2, 0) is 7.05 Å². The number of aryl methyl sites for hydroxylation is 2. The smallest absolute Gasteiger partial charge is 0.299 e. The Morgan fingerprint density at radius 3 is 2.21 bits per heavy atom. The van der Waals surface area contributed by atoms with Crippen LogP contribution in [0.15, 0.2) is 94.8 Å². The molecule has 4 nitrogen and oxygen atoms in total. The normalized spacial score (nSPS) is 12.6. The Bertz CT molecular complexity index is 2540. The summed E-state index contributed by atoms with van der Waals surface area (Å²) in [6, 6.07) is 30.5. The predicted octanol–water partition coefficient (Wildman–Crippen LogP) is 12.0. The van der Waals surface area contributed by atoms with Crippen LogP contribution in [-0.4, -0.2) is 9.55 Å². The van der Waals surface area contributed by atoms with E-state index in [0.717, 1.165) is 65.8 Å². The van der Waals surface area contributed by atoms with E-state index >= 15 is 0 Å². The number of furan rings is 1. The molecule has 5 heteroatoms. The molecular weight excluding hydrogens is 607 g/mol. The van der Waals surface area contributed by atoms with E-state index < -0.39 is 0 Å². The number of hydrogen-bond acceptors (Lipinski definition) is 3. The Kier molecular flexibility index (Phi) is 7.01. The minimum Gasteiger partial charge on any atom is -0.455 e. The van der Waals surface area contributed by atoms with Crippen LogP contribution in [0.3, 0.4) is 0 Å². The first-order valence-electron chi connectivity index (χ1n) is 17.5. The highest BCUT2D eigenvalue weighted by Gasteiger charge is 2.34. The van der Waals surface area contributed by atoms with Gasteiger partial charge in [-0.2, -0.15) is 4.57 Å². The van der Waals surface area contributed by atoms with Crippen LogP contribution >= 0.6 is 11.3 Å². The highest BCUT2D eigenvalue weighted by atomic mass is 32.1. The fourth-order valence-corrected chi connectivity index (χ4v) is 8.28. The van der Waals surface area contributed by atoms with Crippen molar-refractivity contribution in [2.45, 2.75) is 66.2 Å². The molecule has 0 aliphatic rings. The molecule has 0 saturated carbocycles. The van der Waals surface area contributed by atoms with E-state index in [1.165, 1.54) is 39.2 Å². The third-order valence-corrected chi connectivity index (χ3v) is 10.8. The third-order valence-electron chi connectivity index (χ3n) is 10.0. The Morgan fingerprint density at radius 1 is 0.833 bits per heavy atom. The maximum absolute atomic E-state index is 8.56. The van der Waals surface area contributed by atoms with E-state index in [1.54, 1.807) is 0 Å². The number of thiazole rings is 1. The molecule has 8 aromatic rings. The van der Waals surface area contributed by atoms with Crippen molar-refractivity contribution >= 4 is 54.5 Å². The van der Waals surface area contributed by atoms with Gasteiger partial charge in [0.2, 0.25) is 0 Å². The Morgan fingerprint density at radius 2 is 1.52 bits per heavy atom. The highest BCUT2D eigenvalue weighted by molar-refractivity contribution is 7.18. The zero-order chi connectivity index (χ0) is 34.3. The molecule has 5 aromatic carbocycles. The molecule has 8 rings (SSSR count). The highest BCUT2D eigenvalue weighted by Crippen LogP contribution is 2.46. The van der Waals surface area contributed by atoms with Gasteiger partial charge < -0.3 is 4.42 Å². The van der Waals surface area contributed by atoms with Crippen molar-refractivity contribution in [2.24, 2.45) is 7.05 Å².